The molecule has 132 valence electrons. The summed E-state index contributed by atoms with van der Waals surface area (Å²) in [6.45, 7) is 0.298. The average molecular weight is 391 g/mol. The molecule has 0 spiro atoms. The molecule has 3 aromatic rings. The number of rotatable bonds is 5. The van der Waals surface area contributed by atoms with Gasteiger partial charge in [-0.1, -0.05) is 41.4 Å². The van der Waals surface area contributed by atoms with E-state index in [1.807, 2.05) is 18.2 Å². The van der Waals surface area contributed by atoms with Crippen molar-refractivity contribution in [3.63, 3.8) is 0 Å². The van der Waals surface area contributed by atoms with Crippen LogP contribution in [-0.2, 0) is 6.54 Å². The molecule has 2 aromatic carbocycles. The van der Waals surface area contributed by atoms with Crippen LogP contribution in [0.2, 0.25) is 10.0 Å². The van der Waals surface area contributed by atoms with Gasteiger partial charge in [-0.3, -0.25) is 4.79 Å². The van der Waals surface area contributed by atoms with Crippen LogP contribution in [0.5, 0.6) is 0 Å². The fraction of sp³-hybridized carbons (Fsp3) is 0.0556. The number of benzene rings is 2. The van der Waals surface area contributed by atoms with Crippen molar-refractivity contribution in [2.24, 2.45) is 0 Å². The highest BCUT2D eigenvalue weighted by Gasteiger charge is 2.09. The summed E-state index contributed by atoms with van der Waals surface area (Å²) in [5.74, 6) is -0.569. The third kappa shape index (κ3) is 4.47. The summed E-state index contributed by atoms with van der Waals surface area (Å²) in [6.07, 6.45) is 2.78. The van der Waals surface area contributed by atoms with Gasteiger partial charge in [-0.25, -0.2) is 14.4 Å². The summed E-state index contributed by atoms with van der Waals surface area (Å²) >= 11 is 11.8. The minimum absolute atomic E-state index is 0.00873. The normalized spacial score (nSPS) is 10.4. The highest BCUT2D eigenvalue weighted by molar-refractivity contribution is 6.31. The number of hydrogen-bond donors (Lipinski definition) is 2. The maximum absolute atomic E-state index is 13.2. The zero-order chi connectivity index (χ0) is 18.5. The topological polar surface area (TPSA) is 66.9 Å². The van der Waals surface area contributed by atoms with E-state index in [1.165, 1.54) is 30.6 Å². The van der Waals surface area contributed by atoms with Crippen molar-refractivity contribution < 1.29 is 9.18 Å². The summed E-state index contributed by atoms with van der Waals surface area (Å²) < 4.78 is 13.2. The fourth-order valence-electron chi connectivity index (χ4n) is 2.13. The van der Waals surface area contributed by atoms with Crippen molar-refractivity contribution in [3.8, 4) is 0 Å². The molecule has 1 aromatic heterocycles. The van der Waals surface area contributed by atoms with Crippen LogP contribution >= 0.6 is 23.2 Å². The molecule has 0 atom stereocenters. The third-order valence-corrected chi connectivity index (χ3v) is 4.15. The summed E-state index contributed by atoms with van der Waals surface area (Å²) in [4.78, 5) is 20.3. The zero-order valence-corrected chi connectivity index (χ0v) is 14.9. The maximum atomic E-state index is 13.2. The van der Waals surface area contributed by atoms with Crippen LogP contribution in [0.3, 0.4) is 0 Å². The molecule has 0 aliphatic heterocycles. The van der Waals surface area contributed by atoms with Crippen LogP contribution in [0.15, 0.2) is 54.9 Å². The van der Waals surface area contributed by atoms with E-state index in [0.717, 1.165) is 5.56 Å². The number of anilines is 2. The van der Waals surface area contributed by atoms with Gasteiger partial charge in [0, 0.05) is 29.6 Å². The van der Waals surface area contributed by atoms with E-state index in [0.29, 0.717) is 22.8 Å². The molecule has 5 nitrogen and oxygen atoms in total. The SMILES string of the molecule is O=C(NCc1ccccc1Cl)c1cnc(Nc2ccc(F)c(Cl)c2)nc1. The predicted octanol–water partition coefficient (Wildman–Crippen LogP) is 4.60. The Balaban J connectivity index is 1.62. The first kappa shape index (κ1) is 18.1. The Morgan fingerprint density at radius 3 is 2.46 bits per heavy atom. The Morgan fingerprint density at radius 1 is 1.04 bits per heavy atom. The highest BCUT2D eigenvalue weighted by Crippen LogP contribution is 2.21. The van der Waals surface area contributed by atoms with Gasteiger partial charge in [0.05, 0.1) is 10.6 Å². The minimum Gasteiger partial charge on any atom is -0.348 e. The van der Waals surface area contributed by atoms with Gasteiger partial charge in [0.25, 0.3) is 5.91 Å². The molecule has 0 saturated carbocycles. The van der Waals surface area contributed by atoms with Gasteiger partial charge < -0.3 is 10.6 Å². The van der Waals surface area contributed by atoms with E-state index >= 15 is 0 Å². The van der Waals surface area contributed by atoms with Gasteiger partial charge in [0.1, 0.15) is 5.82 Å². The van der Waals surface area contributed by atoms with Gasteiger partial charge in [-0.05, 0) is 29.8 Å². The van der Waals surface area contributed by atoms with Gasteiger partial charge in [0.2, 0.25) is 5.95 Å². The van der Waals surface area contributed by atoms with Crippen LogP contribution in [0.4, 0.5) is 16.0 Å². The largest absolute Gasteiger partial charge is 0.348 e. The molecule has 0 saturated heterocycles. The number of carbonyl (C=O) groups excluding carboxylic acids is 1. The maximum Gasteiger partial charge on any atom is 0.254 e. The summed E-state index contributed by atoms with van der Waals surface area (Å²) in [6, 6.07) is 11.4. The van der Waals surface area contributed by atoms with E-state index in [4.69, 9.17) is 23.2 Å². The second kappa shape index (κ2) is 8.12. The summed E-state index contributed by atoms with van der Waals surface area (Å²) in [5, 5.41) is 6.21. The van der Waals surface area contributed by atoms with Crippen molar-refractivity contribution in [1.29, 1.82) is 0 Å². The lowest BCUT2D eigenvalue weighted by molar-refractivity contribution is 0.0950. The van der Waals surface area contributed by atoms with E-state index in [1.54, 1.807) is 6.07 Å². The second-order valence-corrected chi connectivity index (χ2v) is 6.14. The summed E-state index contributed by atoms with van der Waals surface area (Å²) in [7, 11) is 0. The lowest BCUT2D eigenvalue weighted by atomic mass is 10.2. The quantitative estimate of drug-likeness (QED) is 0.668. The second-order valence-electron chi connectivity index (χ2n) is 5.32. The molecule has 2 N–H and O–H groups in total. The third-order valence-electron chi connectivity index (χ3n) is 3.49. The van der Waals surface area contributed by atoms with E-state index < -0.39 is 5.82 Å². The van der Waals surface area contributed by atoms with Crippen molar-refractivity contribution in [3.05, 3.63) is 81.8 Å². The fourth-order valence-corrected chi connectivity index (χ4v) is 2.52. The highest BCUT2D eigenvalue weighted by atomic mass is 35.5. The number of nitrogens with one attached hydrogen (secondary N) is 2. The van der Waals surface area contributed by atoms with Crippen LogP contribution in [-0.4, -0.2) is 15.9 Å². The first-order valence-electron chi connectivity index (χ1n) is 7.58. The van der Waals surface area contributed by atoms with Crippen LogP contribution in [0, 0.1) is 5.82 Å². The van der Waals surface area contributed by atoms with Crippen molar-refractivity contribution in [2.75, 3.05) is 5.32 Å². The molecule has 0 fully saturated rings. The van der Waals surface area contributed by atoms with Crippen LogP contribution in [0.1, 0.15) is 15.9 Å². The monoisotopic (exact) mass is 390 g/mol. The lowest BCUT2D eigenvalue weighted by Crippen LogP contribution is -2.23. The minimum atomic E-state index is -0.510. The van der Waals surface area contributed by atoms with Gasteiger partial charge in [-0.2, -0.15) is 0 Å². The molecule has 1 heterocycles. The predicted molar refractivity (Wildman–Crippen MR) is 99.3 cm³/mol. The molecule has 0 bridgehead atoms. The van der Waals surface area contributed by atoms with Crippen LogP contribution in [0.25, 0.3) is 0 Å². The molecule has 8 heteroatoms. The van der Waals surface area contributed by atoms with Gasteiger partial charge >= 0.3 is 0 Å². The standard InChI is InChI=1S/C18H13Cl2FN4O/c19-14-4-2-1-3-11(14)8-22-17(26)12-9-23-18(24-10-12)25-13-5-6-16(21)15(20)7-13/h1-7,9-10H,8H2,(H,22,26)(H,23,24,25). The Bertz CT molecular complexity index is 935. The molecular formula is C18H13Cl2FN4O. The first-order chi connectivity index (χ1) is 12.5. The van der Waals surface area contributed by atoms with Gasteiger partial charge in [0.15, 0.2) is 0 Å². The molecule has 3 rings (SSSR count). The van der Waals surface area contributed by atoms with Crippen molar-refractivity contribution in [1.82, 2.24) is 15.3 Å². The van der Waals surface area contributed by atoms with E-state index in [2.05, 4.69) is 20.6 Å². The zero-order valence-electron chi connectivity index (χ0n) is 13.3. The van der Waals surface area contributed by atoms with Crippen molar-refractivity contribution >= 4 is 40.7 Å². The Hall–Kier alpha value is -2.70. The van der Waals surface area contributed by atoms with E-state index in [9.17, 15) is 9.18 Å². The number of aromatic nitrogens is 2. The molecule has 26 heavy (non-hydrogen) atoms. The molecule has 0 unspecified atom stereocenters. The molecule has 1 amide bonds. The molecular weight excluding hydrogens is 378 g/mol. The average Bonchev–Trinajstić information content (AvgIpc) is 2.64. The number of amides is 1. The Morgan fingerprint density at radius 2 is 1.77 bits per heavy atom. The smallest absolute Gasteiger partial charge is 0.254 e. The number of halogens is 3. The van der Waals surface area contributed by atoms with Crippen LogP contribution < -0.4 is 10.6 Å². The molecule has 0 aliphatic rings. The Labute approximate surface area is 159 Å². The van der Waals surface area contributed by atoms with Gasteiger partial charge in [-0.15, -0.1) is 0 Å². The molecule has 0 aliphatic carbocycles. The number of nitrogens with zero attached hydrogens (tertiary/aromatic N) is 2. The van der Waals surface area contributed by atoms with E-state index in [-0.39, 0.29) is 16.9 Å². The van der Waals surface area contributed by atoms with Crippen molar-refractivity contribution in [2.45, 2.75) is 6.54 Å². The number of hydrogen-bond acceptors (Lipinski definition) is 4. The molecule has 0 radical (unpaired) electrons. The lowest BCUT2D eigenvalue weighted by Gasteiger charge is -2.08. The number of carbonyl (C=O) groups is 1. The summed E-state index contributed by atoms with van der Waals surface area (Å²) in [5.41, 5.74) is 1.65. The Kier molecular flexibility index (Phi) is 5.65. The first-order valence-corrected chi connectivity index (χ1v) is 8.34.